The number of methoxy groups -OCH3 is 1. The van der Waals surface area contributed by atoms with Crippen molar-refractivity contribution in [2.75, 3.05) is 12.4 Å². The zero-order valence-corrected chi connectivity index (χ0v) is 15.2. The second kappa shape index (κ2) is 7.03. The smallest absolute Gasteiger partial charge is 0.134 e. The summed E-state index contributed by atoms with van der Waals surface area (Å²) >= 11 is 0. The number of nitrogens with zero attached hydrogens (tertiary/aromatic N) is 2. The summed E-state index contributed by atoms with van der Waals surface area (Å²) < 4.78 is 5.41. The van der Waals surface area contributed by atoms with E-state index in [0.717, 1.165) is 35.9 Å². The summed E-state index contributed by atoms with van der Waals surface area (Å²) in [6, 6.07) is 8.99. The predicted molar refractivity (Wildman–Crippen MR) is 100 cm³/mol. The summed E-state index contributed by atoms with van der Waals surface area (Å²) in [5.74, 6) is 3.54. The van der Waals surface area contributed by atoms with Gasteiger partial charge in [0.25, 0.3) is 0 Å². The maximum absolute atomic E-state index is 5.41. The molecule has 1 fully saturated rings. The summed E-state index contributed by atoms with van der Waals surface area (Å²) in [6.45, 7) is 2.07. The van der Waals surface area contributed by atoms with E-state index in [4.69, 9.17) is 9.72 Å². The van der Waals surface area contributed by atoms with E-state index in [-0.39, 0.29) is 0 Å². The van der Waals surface area contributed by atoms with E-state index in [1.807, 2.05) is 0 Å². The Labute approximate surface area is 150 Å². The van der Waals surface area contributed by atoms with Gasteiger partial charge in [0.05, 0.1) is 7.11 Å². The van der Waals surface area contributed by atoms with E-state index in [2.05, 4.69) is 41.5 Å². The van der Waals surface area contributed by atoms with Crippen molar-refractivity contribution in [1.29, 1.82) is 0 Å². The van der Waals surface area contributed by atoms with Gasteiger partial charge in [0.15, 0.2) is 0 Å². The van der Waals surface area contributed by atoms with Gasteiger partial charge in [-0.3, -0.25) is 0 Å². The normalized spacial score (nSPS) is 20.3. The lowest BCUT2D eigenvalue weighted by Crippen LogP contribution is -2.23. The monoisotopic (exact) mass is 337 g/mol. The molecule has 1 heterocycles. The van der Waals surface area contributed by atoms with Crippen LogP contribution in [0.5, 0.6) is 5.75 Å². The number of hydrogen-bond acceptors (Lipinski definition) is 4. The topological polar surface area (TPSA) is 47.0 Å². The maximum Gasteiger partial charge on any atom is 0.134 e. The Morgan fingerprint density at radius 2 is 1.92 bits per heavy atom. The van der Waals surface area contributed by atoms with Crippen molar-refractivity contribution in [2.45, 2.75) is 63.8 Å². The van der Waals surface area contributed by atoms with Crippen LogP contribution in [0.2, 0.25) is 0 Å². The molecule has 2 aliphatic rings. The summed E-state index contributed by atoms with van der Waals surface area (Å²) in [7, 11) is 1.74. The van der Waals surface area contributed by atoms with E-state index < -0.39 is 0 Å². The fourth-order valence-corrected chi connectivity index (χ4v) is 3.92. The molecule has 25 heavy (non-hydrogen) atoms. The number of aromatic nitrogens is 2. The third kappa shape index (κ3) is 3.63. The zero-order chi connectivity index (χ0) is 17.2. The molecule has 0 bridgehead atoms. The highest BCUT2D eigenvalue weighted by molar-refractivity contribution is 5.41. The van der Waals surface area contributed by atoms with Crippen LogP contribution in [0.4, 0.5) is 5.82 Å². The van der Waals surface area contributed by atoms with Crippen LogP contribution in [0.15, 0.2) is 24.3 Å². The Hall–Kier alpha value is -2.10. The van der Waals surface area contributed by atoms with E-state index >= 15 is 0 Å². The van der Waals surface area contributed by atoms with Crippen molar-refractivity contribution in [3.05, 3.63) is 46.9 Å². The van der Waals surface area contributed by atoms with Gasteiger partial charge in [-0.05, 0) is 68.7 Å². The third-order valence-electron chi connectivity index (χ3n) is 5.57. The SMILES string of the molecule is COc1ccc2c(c1)CC(Nc1cc(C)nc(C3CCC3)n1)CCC2. The summed E-state index contributed by atoms with van der Waals surface area (Å²) in [5.41, 5.74) is 3.92. The summed E-state index contributed by atoms with van der Waals surface area (Å²) in [6.07, 6.45) is 8.32. The molecule has 0 spiro atoms. The number of rotatable bonds is 4. The summed E-state index contributed by atoms with van der Waals surface area (Å²) in [4.78, 5) is 9.48. The molecule has 0 saturated heterocycles. The number of nitrogens with one attached hydrogen (secondary N) is 1. The third-order valence-corrected chi connectivity index (χ3v) is 5.57. The fraction of sp³-hybridized carbons (Fsp3) is 0.524. The highest BCUT2D eigenvalue weighted by Gasteiger charge is 2.24. The highest BCUT2D eigenvalue weighted by Crippen LogP contribution is 2.35. The molecule has 1 N–H and O–H groups in total. The lowest BCUT2D eigenvalue weighted by atomic mass is 9.85. The molecule has 1 atom stereocenters. The Bertz CT molecular complexity index is 755. The molecule has 4 nitrogen and oxygen atoms in total. The first-order valence-corrected chi connectivity index (χ1v) is 9.49. The zero-order valence-electron chi connectivity index (χ0n) is 15.2. The molecule has 2 aliphatic carbocycles. The Morgan fingerprint density at radius 1 is 1.04 bits per heavy atom. The van der Waals surface area contributed by atoms with Gasteiger partial charge in [0, 0.05) is 23.7 Å². The second-order valence-corrected chi connectivity index (χ2v) is 7.45. The number of benzene rings is 1. The number of fused-ring (bicyclic) bond motifs is 1. The molecule has 1 aromatic carbocycles. The molecule has 1 unspecified atom stereocenters. The van der Waals surface area contributed by atoms with Crippen molar-refractivity contribution >= 4 is 5.82 Å². The van der Waals surface area contributed by atoms with Crippen LogP contribution < -0.4 is 10.1 Å². The first-order valence-electron chi connectivity index (χ1n) is 9.49. The van der Waals surface area contributed by atoms with Gasteiger partial charge in [0.2, 0.25) is 0 Å². The van der Waals surface area contributed by atoms with Crippen molar-refractivity contribution < 1.29 is 4.74 Å². The van der Waals surface area contributed by atoms with E-state index in [0.29, 0.717) is 12.0 Å². The van der Waals surface area contributed by atoms with Gasteiger partial charge in [-0.15, -0.1) is 0 Å². The highest BCUT2D eigenvalue weighted by atomic mass is 16.5. The minimum Gasteiger partial charge on any atom is -0.497 e. The molecule has 2 aromatic rings. The van der Waals surface area contributed by atoms with Crippen LogP contribution in [-0.2, 0) is 12.8 Å². The minimum atomic E-state index is 0.414. The van der Waals surface area contributed by atoms with E-state index in [9.17, 15) is 0 Å². The Kier molecular flexibility index (Phi) is 4.60. The van der Waals surface area contributed by atoms with Gasteiger partial charge in [-0.1, -0.05) is 12.5 Å². The largest absolute Gasteiger partial charge is 0.497 e. The van der Waals surface area contributed by atoms with Crippen molar-refractivity contribution in [3.8, 4) is 5.75 Å². The van der Waals surface area contributed by atoms with Gasteiger partial charge in [0.1, 0.15) is 17.4 Å². The number of anilines is 1. The predicted octanol–water partition coefficient (Wildman–Crippen LogP) is 4.42. The lowest BCUT2D eigenvalue weighted by Gasteiger charge is -2.25. The van der Waals surface area contributed by atoms with Gasteiger partial charge in [-0.2, -0.15) is 0 Å². The van der Waals surface area contributed by atoms with Crippen LogP contribution in [0.1, 0.15) is 60.7 Å². The van der Waals surface area contributed by atoms with Gasteiger partial charge >= 0.3 is 0 Å². The Balaban J connectivity index is 1.53. The van der Waals surface area contributed by atoms with E-state index in [1.165, 1.54) is 43.2 Å². The van der Waals surface area contributed by atoms with Crippen molar-refractivity contribution in [3.63, 3.8) is 0 Å². The average Bonchev–Trinajstić information content (AvgIpc) is 2.73. The van der Waals surface area contributed by atoms with Crippen molar-refractivity contribution in [2.24, 2.45) is 0 Å². The Morgan fingerprint density at radius 3 is 2.68 bits per heavy atom. The number of aryl methyl sites for hydroxylation is 2. The molecule has 132 valence electrons. The van der Waals surface area contributed by atoms with Crippen LogP contribution in [0, 0.1) is 6.92 Å². The maximum atomic E-state index is 5.41. The number of ether oxygens (including phenoxy) is 1. The van der Waals surface area contributed by atoms with Gasteiger partial charge in [-0.25, -0.2) is 9.97 Å². The molecular formula is C21H27N3O. The quantitative estimate of drug-likeness (QED) is 0.839. The number of hydrogen-bond donors (Lipinski definition) is 1. The van der Waals surface area contributed by atoms with Crippen molar-refractivity contribution in [1.82, 2.24) is 9.97 Å². The second-order valence-electron chi connectivity index (χ2n) is 7.45. The van der Waals surface area contributed by atoms with Crippen LogP contribution in [0.25, 0.3) is 0 Å². The molecule has 0 radical (unpaired) electrons. The van der Waals surface area contributed by atoms with Crippen LogP contribution in [-0.4, -0.2) is 23.1 Å². The standard InChI is InChI=1S/C21H27N3O/c1-14-11-20(24-21(22-14)16-6-3-7-16)23-18-8-4-5-15-9-10-19(25-2)13-17(15)12-18/h9-11,13,16,18H,3-8,12H2,1-2H3,(H,22,23,24). The molecule has 4 rings (SSSR count). The first kappa shape index (κ1) is 16.4. The lowest BCUT2D eigenvalue weighted by molar-refractivity contribution is 0.401. The van der Waals surface area contributed by atoms with Gasteiger partial charge < -0.3 is 10.1 Å². The van der Waals surface area contributed by atoms with E-state index in [1.54, 1.807) is 7.11 Å². The van der Waals surface area contributed by atoms with Crippen LogP contribution in [0.3, 0.4) is 0 Å². The fourth-order valence-electron chi connectivity index (χ4n) is 3.92. The molecule has 1 saturated carbocycles. The molecule has 0 aliphatic heterocycles. The minimum absolute atomic E-state index is 0.414. The summed E-state index contributed by atoms with van der Waals surface area (Å²) in [5, 5.41) is 3.69. The molecule has 1 aromatic heterocycles. The molecular weight excluding hydrogens is 310 g/mol. The molecule has 0 amide bonds. The van der Waals surface area contributed by atoms with Crippen LogP contribution >= 0.6 is 0 Å². The first-order chi connectivity index (χ1) is 12.2. The molecule has 4 heteroatoms. The average molecular weight is 337 g/mol.